The minimum absolute atomic E-state index is 0.0736. The minimum atomic E-state index is -0.687. The van der Waals surface area contributed by atoms with Gasteiger partial charge in [-0.3, -0.25) is 10.2 Å². The Bertz CT molecular complexity index is 954. The van der Waals surface area contributed by atoms with E-state index in [1.54, 1.807) is 25.4 Å². The van der Waals surface area contributed by atoms with Gasteiger partial charge in [0.05, 0.1) is 6.61 Å². The molecule has 8 heteroatoms. The van der Waals surface area contributed by atoms with Crippen LogP contribution in [0.3, 0.4) is 0 Å². The molecule has 0 atom stereocenters. The number of hydrazine groups is 1. The monoisotopic (exact) mass is 368 g/mol. The molecule has 8 nitrogen and oxygen atoms in total. The molecule has 0 aliphatic carbocycles. The molecule has 4 heterocycles. The number of ketones is 1. The van der Waals surface area contributed by atoms with E-state index in [1.165, 1.54) is 0 Å². The predicted molar refractivity (Wildman–Crippen MR) is 97.8 cm³/mol. The molecule has 0 aromatic carbocycles. The van der Waals surface area contributed by atoms with Crippen molar-refractivity contribution >= 4 is 28.9 Å². The van der Waals surface area contributed by atoms with Gasteiger partial charge in [0, 0.05) is 36.4 Å². The van der Waals surface area contributed by atoms with Crippen molar-refractivity contribution in [2.24, 2.45) is 0 Å². The Kier molecular flexibility index (Phi) is 4.64. The van der Waals surface area contributed by atoms with Crippen LogP contribution in [-0.4, -0.2) is 46.4 Å². The van der Waals surface area contributed by atoms with Crippen LogP contribution in [0.2, 0.25) is 0 Å². The number of allylic oxidation sites excluding steroid dienone is 1. The van der Waals surface area contributed by atoms with Crippen LogP contribution in [-0.2, 0) is 19.1 Å². The van der Waals surface area contributed by atoms with Crippen LogP contribution in [0.5, 0.6) is 0 Å². The van der Waals surface area contributed by atoms with Gasteiger partial charge >= 0.3 is 5.97 Å². The third-order valence-electron chi connectivity index (χ3n) is 4.50. The Hall–Kier alpha value is -3.13. The van der Waals surface area contributed by atoms with Gasteiger partial charge in [-0.1, -0.05) is 0 Å². The topological polar surface area (TPSA) is 96.6 Å². The standard InChI is InChI=1S/C19H20N4O4/c1-2-26-19(25)15-16(24)14(27-18(15)22-23-8-3-4-9-23)10-12-11-21-17-13(12)6-5-7-20-17/h5-7,10-11,22H,2-4,8-9H2,1H3,(H,20,21)/b14-10-. The molecule has 4 rings (SSSR count). The molecule has 0 radical (unpaired) electrons. The van der Waals surface area contributed by atoms with Crippen molar-refractivity contribution in [1.82, 2.24) is 20.4 Å². The molecule has 2 aromatic rings. The second-order valence-electron chi connectivity index (χ2n) is 6.31. The van der Waals surface area contributed by atoms with Crippen LogP contribution in [0, 0.1) is 0 Å². The SMILES string of the molecule is CCOC(=O)C1=C(NN2CCCC2)O/C(=C\c2c[nH]c3ncccc23)C1=O. The average molecular weight is 368 g/mol. The smallest absolute Gasteiger partial charge is 0.347 e. The summed E-state index contributed by atoms with van der Waals surface area (Å²) in [5.74, 6) is -0.976. The van der Waals surface area contributed by atoms with E-state index in [0.29, 0.717) is 5.65 Å². The van der Waals surface area contributed by atoms with E-state index in [4.69, 9.17) is 9.47 Å². The lowest BCUT2D eigenvalue weighted by molar-refractivity contribution is -0.139. The minimum Gasteiger partial charge on any atom is -0.462 e. The average Bonchev–Trinajstić information content (AvgIpc) is 3.37. The van der Waals surface area contributed by atoms with Crippen molar-refractivity contribution in [3.8, 4) is 0 Å². The molecule has 0 amide bonds. The number of nitrogens with zero attached hydrogens (tertiary/aromatic N) is 2. The number of nitrogens with one attached hydrogen (secondary N) is 2. The summed E-state index contributed by atoms with van der Waals surface area (Å²) in [5.41, 5.74) is 4.42. The van der Waals surface area contributed by atoms with Crippen LogP contribution in [0.15, 0.2) is 41.7 Å². The number of esters is 1. The molecule has 2 aliphatic rings. The van der Waals surface area contributed by atoms with Crippen molar-refractivity contribution in [2.45, 2.75) is 19.8 Å². The lowest BCUT2D eigenvalue weighted by Crippen LogP contribution is -2.35. The van der Waals surface area contributed by atoms with E-state index >= 15 is 0 Å². The fourth-order valence-corrected chi connectivity index (χ4v) is 3.21. The number of aromatic amines is 1. The molecule has 27 heavy (non-hydrogen) atoms. The maximum absolute atomic E-state index is 12.8. The van der Waals surface area contributed by atoms with E-state index in [9.17, 15) is 9.59 Å². The number of hydrogen-bond donors (Lipinski definition) is 2. The molecule has 0 saturated carbocycles. The van der Waals surface area contributed by atoms with E-state index < -0.39 is 11.8 Å². The summed E-state index contributed by atoms with van der Waals surface area (Å²) in [6, 6.07) is 3.71. The molecule has 1 saturated heterocycles. The zero-order valence-corrected chi connectivity index (χ0v) is 14.9. The molecule has 0 spiro atoms. The second-order valence-corrected chi connectivity index (χ2v) is 6.31. The Morgan fingerprint density at radius 1 is 1.44 bits per heavy atom. The van der Waals surface area contributed by atoms with Crippen molar-refractivity contribution < 1.29 is 19.1 Å². The summed E-state index contributed by atoms with van der Waals surface area (Å²) in [5, 5.41) is 2.79. The maximum atomic E-state index is 12.8. The first-order chi connectivity index (χ1) is 13.2. The summed E-state index contributed by atoms with van der Waals surface area (Å²) >= 11 is 0. The summed E-state index contributed by atoms with van der Waals surface area (Å²) in [6.45, 7) is 3.52. The molecule has 2 aromatic heterocycles. The number of rotatable bonds is 5. The summed E-state index contributed by atoms with van der Waals surface area (Å²) < 4.78 is 10.8. The van der Waals surface area contributed by atoms with Gasteiger partial charge in [0.2, 0.25) is 11.7 Å². The molecular formula is C19H20N4O4. The Balaban J connectivity index is 1.66. The van der Waals surface area contributed by atoms with Crippen LogP contribution in [0.1, 0.15) is 25.3 Å². The van der Waals surface area contributed by atoms with Crippen LogP contribution >= 0.6 is 0 Å². The molecule has 1 fully saturated rings. The second kappa shape index (κ2) is 7.24. The fraction of sp³-hybridized carbons (Fsp3) is 0.316. The number of ether oxygens (including phenoxy) is 2. The van der Waals surface area contributed by atoms with Gasteiger partial charge in [-0.15, -0.1) is 0 Å². The van der Waals surface area contributed by atoms with Crippen molar-refractivity contribution in [3.63, 3.8) is 0 Å². The number of Topliss-reactive ketones (excluding diaryl/α,β-unsaturated/α-hetero) is 1. The lowest BCUT2D eigenvalue weighted by atomic mass is 10.1. The zero-order valence-electron chi connectivity index (χ0n) is 14.9. The fourth-order valence-electron chi connectivity index (χ4n) is 3.21. The van der Waals surface area contributed by atoms with Gasteiger partial charge in [-0.05, 0) is 38.0 Å². The summed E-state index contributed by atoms with van der Waals surface area (Å²) in [6.07, 6.45) is 7.14. The normalized spacial score (nSPS) is 19.1. The van der Waals surface area contributed by atoms with Gasteiger partial charge < -0.3 is 14.5 Å². The van der Waals surface area contributed by atoms with Crippen LogP contribution in [0.4, 0.5) is 0 Å². The highest BCUT2D eigenvalue weighted by atomic mass is 16.5. The van der Waals surface area contributed by atoms with Crippen molar-refractivity contribution in [1.29, 1.82) is 0 Å². The molecular weight excluding hydrogens is 348 g/mol. The number of fused-ring (bicyclic) bond motifs is 1. The first kappa shape index (κ1) is 17.3. The maximum Gasteiger partial charge on any atom is 0.347 e. The van der Waals surface area contributed by atoms with Gasteiger partial charge in [-0.2, -0.15) is 0 Å². The largest absolute Gasteiger partial charge is 0.462 e. The predicted octanol–water partition coefficient (Wildman–Crippen LogP) is 1.88. The van der Waals surface area contributed by atoms with Gasteiger partial charge in [0.25, 0.3) is 0 Å². The van der Waals surface area contributed by atoms with Crippen LogP contribution in [0.25, 0.3) is 17.1 Å². The Morgan fingerprint density at radius 3 is 3.04 bits per heavy atom. The molecule has 2 aliphatic heterocycles. The molecule has 0 bridgehead atoms. The highest BCUT2D eigenvalue weighted by Gasteiger charge is 2.38. The van der Waals surface area contributed by atoms with E-state index in [1.807, 2.05) is 17.1 Å². The van der Waals surface area contributed by atoms with Crippen LogP contribution < -0.4 is 5.43 Å². The zero-order chi connectivity index (χ0) is 18.8. The van der Waals surface area contributed by atoms with E-state index in [-0.39, 0.29) is 23.8 Å². The number of hydrogen-bond acceptors (Lipinski definition) is 7. The van der Waals surface area contributed by atoms with Crippen molar-refractivity contribution in [2.75, 3.05) is 19.7 Å². The number of aromatic nitrogens is 2. The quantitative estimate of drug-likeness (QED) is 0.472. The highest BCUT2D eigenvalue weighted by Crippen LogP contribution is 2.28. The van der Waals surface area contributed by atoms with E-state index in [0.717, 1.165) is 36.9 Å². The van der Waals surface area contributed by atoms with Crippen molar-refractivity contribution in [3.05, 3.63) is 47.3 Å². The van der Waals surface area contributed by atoms with E-state index in [2.05, 4.69) is 15.4 Å². The molecule has 2 N–H and O–H groups in total. The first-order valence-electron chi connectivity index (χ1n) is 8.96. The number of H-pyrrole nitrogens is 1. The summed E-state index contributed by atoms with van der Waals surface area (Å²) in [4.78, 5) is 32.4. The first-order valence-corrected chi connectivity index (χ1v) is 8.96. The van der Waals surface area contributed by atoms with Gasteiger partial charge in [0.15, 0.2) is 11.3 Å². The Labute approximate surface area is 155 Å². The lowest BCUT2D eigenvalue weighted by Gasteiger charge is -2.18. The van der Waals surface area contributed by atoms with Gasteiger partial charge in [0.1, 0.15) is 5.65 Å². The third kappa shape index (κ3) is 3.31. The number of pyridine rings is 1. The highest BCUT2D eigenvalue weighted by molar-refractivity contribution is 6.26. The summed E-state index contributed by atoms with van der Waals surface area (Å²) in [7, 11) is 0. The third-order valence-corrected chi connectivity index (χ3v) is 4.50. The Morgan fingerprint density at radius 2 is 2.26 bits per heavy atom. The number of carbonyl (C=O) groups is 2. The number of carbonyl (C=O) groups excluding carboxylic acids is 2. The van der Waals surface area contributed by atoms with Gasteiger partial charge in [-0.25, -0.2) is 14.8 Å². The molecule has 140 valence electrons. The molecule has 0 unspecified atom stereocenters.